The summed E-state index contributed by atoms with van der Waals surface area (Å²) in [6.07, 6.45) is 4.57. The van der Waals surface area contributed by atoms with Crippen molar-refractivity contribution in [3.05, 3.63) is 35.4 Å². The number of benzene rings is 1. The monoisotopic (exact) mass is 399 g/mol. The molecule has 0 aromatic heterocycles. The maximum atomic E-state index is 13.0. The van der Waals surface area contributed by atoms with Crippen LogP contribution in [0.3, 0.4) is 0 Å². The molecule has 0 radical (unpaired) electrons. The molecule has 1 heterocycles. The Labute approximate surface area is 173 Å². The largest absolute Gasteiger partial charge is 0.348 e. The summed E-state index contributed by atoms with van der Waals surface area (Å²) in [7, 11) is 0. The van der Waals surface area contributed by atoms with E-state index in [1.54, 1.807) is 0 Å². The molecular formula is C23H33N3O3. The quantitative estimate of drug-likeness (QED) is 0.718. The van der Waals surface area contributed by atoms with Gasteiger partial charge >= 0.3 is 6.03 Å². The van der Waals surface area contributed by atoms with E-state index >= 15 is 0 Å². The summed E-state index contributed by atoms with van der Waals surface area (Å²) in [5.74, 6) is 0.102. The number of carbonyl (C=O) groups excluding carboxylic acids is 3. The van der Waals surface area contributed by atoms with Crippen LogP contribution in [0.4, 0.5) is 4.79 Å². The Hall–Kier alpha value is -2.37. The summed E-state index contributed by atoms with van der Waals surface area (Å²) in [5, 5.41) is 5.80. The molecule has 1 aromatic carbocycles. The summed E-state index contributed by atoms with van der Waals surface area (Å²) in [6.45, 7) is 8.04. The Morgan fingerprint density at radius 2 is 1.90 bits per heavy atom. The van der Waals surface area contributed by atoms with Gasteiger partial charge in [0.05, 0.1) is 6.04 Å². The first-order valence-corrected chi connectivity index (χ1v) is 10.7. The number of amides is 4. The summed E-state index contributed by atoms with van der Waals surface area (Å²) in [5.41, 5.74) is 1.45. The first-order chi connectivity index (χ1) is 13.7. The highest BCUT2D eigenvalue weighted by Gasteiger charge is 2.55. The molecule has 1 aliphatic heterocycles. The van der Waals surface area contributed by atoms with Crippen LogP contribution < -0.4 is 10.6 Å². The molecule has 1 spiro atoms. The van der Waals surface area contributed by atoms with Crippen LogP contribution in [-0.4, -0.2) is 34.8 Å². The van der Waals surface area contributed by atoms with Gasteiger partial charge in [-0.1, -0.05) is 57.9 Å². The lowest BCUT2D eigenvalue weighted by molar-refractivity contribution is -0.137. The Kier molecular flexibility index (Phi) is 6.30. The normalized spacial score (nSPS) is 25.4. The molecule has 2 N–H and O–H groups in total. The number of carbonyl (C=O) groups is 3. The number of rotatable bonds is 6. The van der Waals surface area contributed by atoms with Crippen LogP contribution in [0, 0.1) is 11.8 Å². The second-order valence-corrected chi connectivity index (χ2v) is 9.07. The molecule has 0 unspecified atom stereocenters. The molecule has 2 fully saturated rings. The summed E-state index contributed by atoms with van der Waals surface area (Å²) in [4.78, 5) is 39.0. The van der Waals surface area contributed by atoms with E-state index in [9.17, 15) is 14.4 Å². The van der Waals surface area contributed by atoms with Gasteiger partial charge in [-0.2, -0.15) is 0 Å². The first-order valence-electron chi connectivity index (χ1n) is 10.7. The van der Waals surface area contributed by atoms with Crippen LogP contribution in [-0.2, 0) is 16.0 Å². The Balaban J connectivity index is 1.60. The van der Waals surface area contributed by atoms with Crippen molar-refractivity contribution in [1.82, 2.24) is 15.5 Å². The van der Waals surface area contributed by atoms with E-state index in [-0.39, 0.29) is 30.3 Å². The van der Waals surface area contributed by atoms with E-state index in [2.05, 4.69) is 36.6 Å². The number of nitrogens with one attached hydrogen (secondary N) is 2. The summed E-state index contributed by atoms with van der Waals surface area (Å²) in [6, 6.07) is 7.57. The van der Waals surface area contributed by atoms with Gasteiger partial charge in [0.2, 0.25) is 5.91 Å². The van der Waals surface area contributed by atoms with Gasteiger partial charge in [0.1, 0.15) is 12.1 Å². The van der Waals surface area contributed by atoms with Crippen molar-refractivity contribution in [2.75, 3.05) is 6.54 Å². The van der Waals surface area contributed by atoms with Crippen molar-refractivity contribution < 1.29 is 14.4 Å². The Bertz CT molecular complexity index is 774. The average molecular weight is 400 g/mol. The molecule has 6 heteroatoms. The predicted octanol–water partition coefficient (Wildman–Crippen LogP) is 3.56. The van der Waals surface area contributed by atoms with Gasteiger partial charge in [-0.3, -0.25) is 14.5 Å². The molecule has 3 atom stereocenters. The molecular weight excluding hydrogens is 366 g/mol. The fourth-order valence-corrected chi connectivity index (χ4v) is 4.57. The van der Waals surface area contributed by atoms with Crippen molar-refractivity contribution in [2.45, 2.75) is 71.4 Å². The predicted molar refractivity (Wildman–Crippen MR) is 112 cm³/mol. The maximum Gasteiger partial charge on any atom is 0.325 e. The third kappa shape index (κ3) is 4.46. The van der Waals surface area contributed by atoms with Crippen LogP contribution in [0.25, 0.3) is 0 Å². The van der Waals surface area contributed by atoms with E-state index in [1.807, 2.05) is 26.0 Å². The minimum absolute atomic E-state index is 0.0871. The van der Waals surface area contributed by atoms with E-state index in [1.165, 1.54) is 5.56 Å². The van der Waals surface area contributed by atoms with Gasteiger partial charge in [0.15, 0.2) is 0 Å². The van der Waals surface area contributed by atoms with Gasteiger partial charge in [-0.25, -0.2) is 4.79 Å². The zero-order valence-electron chi connectivity index (χ0n) is 18.0. The fraction of sp³-hybridized carbons (Fsp3) is 0.609. The van der Waals surface area contributed by atoms with Gasteiger partial charge in [0, 0.05) is 0 Å². The second-order valence-electron chi connectivity index (χ2n) is 9.07. The highest BCUT2D eigenvalue weighted by atomic mass is 16.2. The van der Waals surface area contributed by atoms with Crippen LogP contribution >= 0.6 is 0 Å². The molecule has 4 amide bonds. The number of urea groups is 1. The van der Waals surface area contributed by atoms with E-state index in [0.29, 0.717) is 12.3 Å². The number of hydrogen-bond donors (Lipinski definition) is 2. The molecule has 3 rings (SSSR count). The van der Waals surface area contributed by atoms with Crippen molar-refractivity contribution in [3.8, 4) is 0 Å². The third-order valence-electron chi connectivity index (χ3n) is 6.30. The lowest BCUT2D eigenvalue weighted by Crippen LogP contribution is -2.54. The van der Waals surface area contributed by atoms with Gasteiger partial charge in [-0.05, 0) is 49.1 Å². The van der Waals surface area contributed by atoms with Crippen LogP contribution in [0.5, 0.6) is 0 Å². The smallest absolute Gasteiger partial charge is 0.325 e. The SMILES string of the molecule is CC(C)Cc1ccc([C@H](C)NC(=O)CN2C(=O)N[C@@]3(CCCC[C@H]3C)C2=O)cc1. The molecule has 0 bridgehead atoms. The van der Waals surface area contributed by atoms with Gasteiger partial charge in [-0.15, -0.1) is 0 Å². The van der Waals surface area contributed by atoms with E-state index in [4.69, 9.17) is 0 Å². The highest BCUT2D eigenvalue weighted by molar-refractivity contribution is 6.09. The first kappa shape index (κ1) is 21.3. The standard InChI is InChI=1S/C23H33N3O3/c1-15(2)13-18-8-10-19(11-9-18)17(4)24-20(27)14-26-21(28)23(25-22(26)29)12-6-5-7-16(23)3/h8-11,15-17H,5-7,12-14H2,1-4H3,(H,24,27)(H,25,29)/t16-,17+,23-/m1/s1. The topological polar surface area (TPSA) is 78.5 Å². The Morgan fingerprint density at radius 1 is 1.21 bits per heavy atom. The summed E-state index contributed by atoms with van der Waals surface area (Å²) >= 11 is 0. The Morgan fingerprint density at radius 3 is 2.52 bits per heavy atom. The molecule has 6 nitrogen and oxygen atoms in total. The average Bonchev–Trinajstić information content (AvgIpc) is 2.89. The van der Waals surface area contributed by atoms with E-state index in [0.717, 1.165) is 36.1 Å². The zero-order chi connectivity index (χ0) is 21.2. The van der Waals surface area contributed by atoms with E-state index < -0.39 is 11.6 Å². The molecule has 29 heavy (non-hydrogen) atoms. The van der Waals surface area contributed by atoms with Crippen molar-refractivity contribution in [2.24, 2.45) is 11.8 Å². The minimum atomic E-state index is -0.826. The molecule has 1 saturated heterocycles. The molecule has 1 saturated carbocycles. The minimum Gasteiger partial charge on any atom is -0.348 e. The number of nitrogens with zero attached hydrogens (tertiary/aromatic N) is 1. The fourth-order valence-electron chi connectivity index (χ4n) is 4.57. The van der Waals surface area contributed by atoms with Crippen LogP contribution in [0.15, 0.2) is 24.3 Å². The highest BCUT2D eigenvalue weighted by Crippen LogP contribution is 2.38. The number of hydrogen-bond acceptors (Lipinski definition) is 3. The maximum absolute atomic E-state index is 13.0. The zero-order valence-corrected chi connectivity index (χ0v) is 18.0. The number of imide groups is 1. The van der Waals surface area contributed by atoms with Crippen molar-refractivity contribution in [3.63, 3.8) is 0 Å². The van der Waals surface area contributed by atoms with Crippen molar-refractivity contribution in [1.29, 1.82) is 0 Å². The molecule has 158 valence electrons. The lowest BCUT2D eigenvalue weighted by atomic mass is 9.73. The summed E-state index contributed by atoms with van der Waals surface area (Å²) < 4.78 is 0. The van der Waals surface area contributed by atoms with Gasteiger partial charge < -0.3 is 10.6 Å². The second kappa shape index (κ2) is 8.56. The lowest BCUT2D eigenvalue weighted by Gasteiger charge is -2.36. The van der Waals surface area contributed by atoms with Crippen LogP contribution in [0.2, 0.25) is 0 Å². The molecule has 2 aliphatic rings. The van der Waals surface area contributed by atoms with Crippen LogP contribution in [0.1, 0.15) is 70.5 Å². The third-order valence-corrected chi connectivity index (χ3v) is 6.30. The van der Waals surface area contributed by atoms with Crippen molar-refractivity contribution >= 4 is 17.8 Å². The molecule has 1 aliphatic carbocycles. The molecule has 1 aromatic rings. The van der Waals surface area contributed by atoms with Gasteiger partial charge in [0.25, 0.3) is 5.91 Å².